The van der Waals surface area contributed by atoms with E-state index < -0.39 is 11.8 Å². The molecule has 6 nitrogen and oxygen atoms in total. The molecule has 172 valence electrons. The van der Waals surface area contributed by atoms with Crippen molar-refractivity contribution < 1.29 is 19.6 Å². The predicted octanol–water partition coefficient (Wildman–Crippen LogP) is 4.69. The number of imide groups is 1. The second-order valence-corrected chi connectivity index (χ2v) is 8.80. The van der Waals surface area contributed by atoms with E-state index in [4.69, 9.17) is 11.6 Å². The molecule has 2 N–H and O–H groups in total. The number of nitrogens with zero attached hydrogens (tertiary/aromatic N) is 1. The van der Waals surface area contributed by atoms with E-state index in [1.807, 2.05) is 0 Å². The molecule has 0 aromatic carbocycles. The molecule has 1 fully saturated rings. The SMILES string of the molecule is C#CCCC(=O)NCCCCCCC.CCCCCCCSC1CC(=O)N(O)C1=O. The largest absolute Gasteiger partial charge is 0.356 e. The maximum Gasteiger partial charge on any atom is 0.266 e. The lowest BCUT2D eigenvalue weighted by Gasteiger charge is -2.06. The van der Waals surface area contributed by atoms with E-state index in [1.165, 1.54) is 63.1 Å². The first kappa shape index (κ1) is 28.5. The summed E-state index contributed by atoms with van der Waals surface area (Å²) >= 11 is 1.49. The molecule has 0 aromatic rings. The molecule has 7 heteroatoms. The van der Waals surface area contributed by atoms with Gasteiger partial charge < -0.3 is 5.32 Å². The van der Waals surface area contributed by atoms with Gasteiger partial charge in [0, 0.05) is 19.4 Å². The Morgan fingerprint density at radius 1 is 1.10 bits per heavy atom. The summed E-state index contributed by atoms with van der Waals surface area (Å²) in [5, 5.41) is 11.8. The summed E-state index contributed by atoms with van der Waals surface area (Å²) in [6.07, 6.45) is 18.3. The summed E-state index contributed by atoms with van der Waals surface area (Å²) < 4.78 is 0. The van der Waals surface area contributed by atoms with Crippen LogP contribution in [0.15, 0.2) is 0 Å². The van der Waals surface area contributed by atoms with Gasteiger partial charge >= 0.3 is 0 Å². The first-order valence-electron chi connectivity index (χ1n) is 11.3. The van der Waals surface area contributed by atoms with Gasteiger partial charge in [0.25, 0.3) is 11.8 Å². The third-order valence-electron chi connectivity index (χ3n) is 4.75. The molecule has 1 unspecified atom stereocenters. The lowest BCUT2D eigenvalue weighted by atomic mass is 10.1. The summed E-state index contributed by atoms with van der Waals surface area (Å²) in [4.78, 5) is 33.4. The van der Waals surface area contributed by atoms with Crippen LogP contribution in [-0.4, -0.2) is 45.5 Å². The molecule has 0 aliphatic carbocycles. The Hall–Kier alpha value is -1.52. The van der Waals surface area contributed by atoms with Crippen molar-refractivity contribution in [3.05, 3.63) is 0 Å². The van der Waals surface area contributed by atoms with E-state index in [0.717, 1.165) is 25.1 Å². The van der Waals surface area contributed by atoms with E-state index in [1.54, 1.807) is 0 Å². The molecule has 1 rings (SSSR count). The smallest absolute Gasteiger partial charge is 0.266 e. The van der Waals surface area contributed by atoms with Gasteiger partial charge in [-0.15, -0.1) is 24.1 Å². The van der Waals surface area contributed by atoms with Crippen LogP contribution in [0.25, 0.3) is 0 Å². The average molecular weight is 441 g/mol. The van der Waals surface area contributed by atoms with Gasteiger partial charge in [-0.25, -0.2) is 0 Å². The van der Waals surface area contributed by atoms with Crippen LogP contribution in [0.3, 0.4) is 0 Å². The Balaban J connectivity index is 0.000000567. The normalized spacial score (nSPS) is 15.5. The van der Waals surface area contributed by atoms with Crippen LogP contribution >= 0.6 is 11.8 Å². The number of thioether (sulfide) groups is 1. The van der Waals surface area contributed by atoms with Crippen LogP contribution in [0, 0.1) is 12.3 Å². The second kappa shape index (κ2) is 19.4. The molecule has 3 amide bonds. The summed E-state index contributed by atoms with van der Waals surface area (Å²) in [6, 6.07) is 0. The Kier molecular flexibility index (Phi) is 18.5. The van der Waals surface area contributed by atoms with E-state index in [2.05, 4.69) is 25.1 Å². The fourth-order valence-corrected chi connectivity index (χ4v) is 4.04. The summed E-state index contributed by atoms with van der Waals surface area (Å²) in [5.74, 6) is 2.49. The maximum atomic E-state index is 11.3. The van der Waals surface area contributed by atoms with Gasteiger partial charge in [0.05, 0.1) is 11.7 Å². The summed E-state index contributed by atoms with van der Waals surface area (Å²) in [5.41, 5.74) is 0. The molecule has 1 saturated heterocycles. The van der Waals surface area contributed by atoms with Gasteiger partial charge in [-0.05, 0) is 18.6 Å². The average Bonchev–Trinajstić information content (AvgIpc) is 2.98. The first-order chi connectivity index (χ1) is 14.5. The first-order valence-corrected chi connectivity index (χ1v) is 12.4. The van der Waals surface area contributed by atoms with E-state index >= 15 is 0 Å². The lowest BCUT2D eigenvalue weighted by molar-refractivity contribution is -0.170. The number of carbonyl (C=O) groups is 3. The van der Waals surface area contributed by atoms with E-state index in [-0.39, 0.29) is 22.6 Å². The number of terminal acetylenes is 1. The molecule has 0 spiro atoms. The Labute approximate surface area is 186 Å². The quantitative estimate of drug-likeness (QED) is 0.167. The van der Waals surface area contributed by atoms with Gasteiger partial charge in [-0.1, -0.05) is 65.2 Å². The zero-order valence-corrected chi connectivity index (χ0v) is 19.6. The Morgan fingerprint density at radius 2 is 1.70 bits per heavy atom. The molecule has 0 bridgehead atoms. The maximum absolute atomic E-state index is 11.3. The van der Waals surface area contributed by atoms with Crippen molar-refractivity contribution in [2.45, 2.75) is 103 Å². The Bertz CT molecular complexity index is 534. The second-order valence-electron chi connectivity index (χ2n) is 7.49. The molecule has 0 radical (unpaired) electrons. The van der Waals surface area contributed by atoms with Crippen molar-refractivity contribution in [2.75, 3.05) is 12.3 Å². The topological polar surface area (TPSA) is 86.7 Å². The van der Waals surface area contributed by atoms with Crippen molar-refractivity contribution in [2.24, 2.45) is 0 Å². The minimum absolute atomic E-state index is 0.0819. The standard InChI is InChI=1S/C12H21NO.C11H19NO3S/c1-3-5-7-8-9-11-13-12(14)10-6-4-2;1-2-3-4-5-6-7-16-9-8-10(13)12(15)11(9)14/h2H,3,5-11H2,1H3,(H,13,14);9,15H,2-8H2,1H3. The van der Waals surface area contributed by atoms with Gasteiger partial charge in [0.2, 0.25) is 5.91 Å². The summed E-state index contributed by atoms with van der Waals surface area (Å²) in [6.45, 7) is 5.17. The molecule has 0 aromatic heterocycles. The van der Waals surface area contributed by atoms with Crippen molar-refractivity contribution in [1.29, 1.82) is 0 Å². The monoisotopic (exact) mass is 440 g/mol. The van der Waals surface area contributed by atoms with Crippen LogP contribution in [0.1, 0.15) is 97.3 Å². The number of nitrogens with one attached hydrogen (secondary N) is 1. The Morgan fingerprint density at radius 3 is 2.23 bits per heavy atom. The molecule has 30 heavy (non-hydrogen) atoms. The zero-order valence-electron chi connectivity index (χ0n) is 18.8. The van der Waals surface area contributed by atoms with Crippen LogP contribution in [0.2, 0.25) is 0 Å². The number of carbonyl (C=O) groups excluding carboxylic acids is 3. The number of hydrogen-bond donors (Lipinski definition) is 2. The lowest BCUT2D eigenvalue weighted by Crippen LogP contribution is -2.27. The van der Waals surface area contributed by atoms with E-state index in [9.17, 15) is 14.4 Å². The third-order valence-corrected chi connectivity index (χ3v) is 6.04. The molecule has 1 aliphatic rings. The zero-order chi connectivity index (χ0) is 22.6. The fraction of sp³-hybridized carbons (Fsp3) is 0.783. The van der Waals surface area contributed by atoms with Crippen LogP contribution < -0.4 is 5.32 Å². The number of unbranched alkanes of at least 4 members (excludes halogenated alkanes) is 8. The summed E-state index contributed by atoms with van der Waals surface area (Å²) in [7, 11) is 0. The highest BCUT2D eigenvalue weighted by atomic mass is 32.2. The number of rotatable bonds is 15. The van der Waals surface area contributed by atoms with Gasteiger partial charge in [-0.3, -0.25) is 19.6 Å². The number of hydrogen-bond acceptors (Lipinski definition) is 5. The number of amides is 3. The van der Waals surface area contributed by atoms with Crippen molar-refractivity contribution >= 4 is 29.5 Å². The van der Waals surface area contributed by atoms with Crippen LogP contribution in [0.4, 0.5) is 0 Å². The number of hydroxylamine groups is 2. The highest BCUT2D eigenvalue weighted by Crippen LogP contribution is 2.25. The molecular formula is C23H40N2O4S. The van der Waals surface area contributed by atoms with Gasteiger partial charge in [-0.2, -0.15) is 5.06 Å². The molecular weight excluding hydrogens is 400 g/mol. The highest BCUT2D eigenvalue weighted by molar-refractivity contribution is 8.00. The molecule has 0 saturated carbocycles. The van der Waals surface area contributed by atoms with Crippen LogP contribution in [-0.2, 0) is 14.4 Å². The predicted molar refractivity (Wildman–Crippen MR) is 123 cm³/mol. The minimum atomic E-state index is -0.478. The molecule has 1 aliphatic heterocycles. The van der Waals surface area contributed by atoms with Crippen LogP contribution in [0.5, 0.6) is 0 Å². The van der Waals surface area contributed by atoms with Crippen molar-refractivity contribution in [1.82, 2.24) is 10.4 Å². The molecule has 1 heterocycles. The molecule has 1 atom stereocenters. The fourth-order valence-electron chi connectivity index (χ4n) is 2.88. The third kappa shape index (κ3) is 14.5. The van der Waals surface area contributed by atoms with Crippen molar-refractivity contribution in [3.63, 3.8) is 0 Å². The van der Waals surface area contributed by atoms with E-state index in [0.29, 0.717) is 12.8 Å². The van der Waals surface area contributed by atoms with Gasteiger partial charge in [0.1, 0.15) is 0 Å². The highest BCUT2D eigenvalue weighted by Gasteiger charge is 2.37. The minimum Gasteiger partial charge on any atom is -0.356 e. The van der Waals surface area contributed by atoms with Gasteiger partial charge in [0.15, 0.2) is 0 Å². The van der Waals surface area contributed by atoms with Crippen molar-refractivity contribution in [3.8, 4) is 12.3 Å².